The number of guanidine groups is 1. The van der Waals surface area contributed by atoms with E-state index in [1.54, 1.807) is 0 Å². The summed E-state index contributed by atoms with van der Waals surface area (Å²) in [6.45, 7) is 8.05. The normalized spacial score (nSPS) is 18.3. The van der Waals surface area contributed by atoms with Crippen molar-refractivity contribution < 1.29 is 4.74 Å². The van der Waals surface area contributed by atoms with Gasteiger partial charge in [-0.05, 0) is 33.5 Å². The number of halogens is 1. The van der Waals surface area contributed by atoms with Crippen LogP contribution in [0.5, 0.6) is 0 Å². The van der Waals surface area contributed by atoms with E-state index in [0.717, 1.165) is 31.2 Å². The number of nitrogens with zero attached hydrogens (tertiary/aromatic N) is 5. The number of hydrogen-bond donors (Lipinski definition) is 1. The first-order chi connectivity index (χ1) is 14.0. The van der Waals surface area contributed by atoms with Gasteiger partial charge in [0.1, 0.15) is 6.10 Å². The van der Waals surface area contributed by atoms with Crippen LogP contribution in [-0.2, 0) is 11.8 Å². The fourth-order valence-corrected chi connectivity index (χ4v) is 3.60. The van der Waals surface area contributed by atoms with Gasteiger partial charge < -0.3 is 19.9 Å². The van der Waals surface area contributed by atoms with Gasteiger partial charge in [-0.3, -0.25) is 9.67 Å². The number of ether oxygens (including phenoxy) is 1. The third kappa shape index (κ3) is 6.42. The molecule has 30 heavy (non-hydrogen) atoms. The predicted molar refractivity (Wildman–Crippen MR) is 132 cm³/mol. The Hall–Kier alpha value is -1.65. The first kappa shape index (κ1) is 24.6. The second kappa shape index (κ2) is 11.7. The molecule has 166 valence electrons. The second-order valence-electron chi connectivity index (χ2n) is 7.84. The molecule has 2 atom stereocenters. The summed E-state index contributed by atoms with van der Waals surface area (Å²) in [7, 11) is 6.16. The molecule has 7 nitrogen and oxygen atoms in total. The molecule has 2 unspecified atom stereocenters. The van der Waals surface area contributed by atoms with Crippen molar-refractivity contribution in [2.45, 2.75) is 26.0 Å². The van der Waals surface area contributed by atoms with Gasteiger partial charge in [-0.2, -0.15) is 5.10 Å². The molecule has 0 spiro atoms. The molecular formula is C22H35IN6O. The van der Waals surface area contributed by atoms with Crippen molar-refractivity contribution in [2.75, 3.05) is 46.9 Å². The molecular weight excluding hydrogens is 491 g/mol. The Morgan fingerprint density at radius 1 is 1.33 bits per heavy atom. The molecule has 3 rings (SSSR count). The summed E-state index contributed by atoms with van der Waals surface area (Å²) in [4.78, 5) is 9.53. The van der Waals surface area contributed by atoms with Crippen LogP contribution in [0, 0.1) is 6.92 Å². The Bertz CT molecular complexity index is 804. The lowest BCUT2D eigenvalue weighted by atomic mass is 10.0. The summed E-state index contributed by atoms with van der Waals surface area (Å²) in [5.74, 6) is 0.948. The van der Waals surface area contributed by atoms with Gasteiger partial charge in [0, 0.05) is 31.9 Å². The van der Waals surface area contributed by atoms with Crippen molar-refractivity contribution in [3.63, 3.8) is 0 Å². The highest BCUT2D eigenvalue weighted by Crippen LogP contribution is 2.23. The van der Waals surface area contributed by atoms with Crippen LogP contribution in [0.1, 0.15) is 35.8 Å². The van der Waals surface area contributed by atoms with E-state index in [0.29, 0.717) is 13.2 Å². The van der Waals surface area contributed by atoms with Crippen LogP contribution in [0.15, 0.2) is 41.7 Å². The number of benzene rings is 1. The fourth-order valence-electron chi connectivity index (χ4n) is 3.60. The van der Waals surface area contributed by atoms with Crippen molar-refractivity contribution in [3.8, 4) is 0 Å². The molecule has 2 aromatic rings. The van der Waals surface area contributed by atoms with Gasteiger partial charge in [0.2, 0.25) is 0 Å². The van der Waals surface area contributed by atoms with Gasteiger partial charge in [-0.25, -0.2) is 0 Å². The zero-order chi connectivity index (χ0) is 20.8. The average molecular weight is 526 g/mol. The maximum absolute atomic E-state index is 5.99. The molecule has 1 saturated heterocycles. The minimum absolute atomic E-state index is 0. The molecule has 1 aliphatic rings. The lowest BCUT2D eigenvalue weighted by Crippen LogP contribution is -2.48. The van der Waals surface area contributed by atoms with Gasteiger partial charge >= 0.3 is 0 Å². The fraction of sp³-hybridized carbons (Fsp3) is 0.545. The van der Waals surface area contributed by atoms with Gasteiger partial charge in [0.15, 0.2) is 5.96 Å². The summed E-state index contributed by atoms with van der Waals surface area (Å²) in [6, 6.07) is 8.98. The number of hydrogen-bond acceptors (Lipinski definition) is 4. The first-order valence-corrected chi connectivity index (χ1v) is 10.3. The van der Waals surface area contributed by atoms with Crippen molar-refractivity contribution in [1.82, 2.24) is 24.9 Å². The zero-order valence-electron chi connectivity index (χ0n) is 18.7. The summed E-state index contributed by atoms with van der Waals surface area (Å²) in [5.41, 5.74) is 3.67. The Balaban J connectivity index is 0.00000320. The van der Waals surface area contributed by atoms with Crippen LogP contribution in [0.2, 0.25) is 0 Å². The van der Waals surface area contributed by atoms with Crippen molar-refractivity contribution in [2.24, 2.45) is 12.0 Å². The molecule has 1 aromatic carbocycles. The standard InChI is InChI=1S/C22H34N6O.HI/c1-6-23-22(24-14-20(26(3)4)18-9-7-17(2)8-10-18)28-11-12-29-21(16-28)19-13-25-27(5)15-19;/h7-10,13,15,20-21H,6,11-12,14,16H2,1-5H3,(H,23,24);1H. The lowest BCUT2D eigenvalue weighted by molar-refractivity contribution is -0.00807. The Morgan fingerprint density at radius 3 is 2.67 bits per heavy atom. The van der Waals surface area contributed by atoms with Crippen molar-refractivity contribution >= 4 is 29.9 Å². The number of aromatic nitrogens is 2. The van der Waals surface area contributed by atoms with Crippen LogP contribution in [0.4, 0.5) is 0 Å². The van der Waals surface area contributed by atoms with E-state index in [1.807, 2.05) is 24.1 Å². The number of aliphatic imine (C=N–C) groups is 1. The molecule has 0 aliphatic carbocycles. The van der Waals surface area contributed by atoms with E-state index in [9.17, 15) is 0 Å². The lowest BCUT2D eigenvalue weighted by Gasteiger charge is -2.35. The van der Waals surface area contributed by atoms with Crippen molar-refractivity contribution in [1.29, 1.82) is 0 Å². The van der Waals surface area contributed by atoms with E-state index in [1.165, 1.54) is 11.1 Å². The second-order valence-corrected chi connectivity index (χ2v) is 7.84. The number of rotatable bonds is 6. The minimum atomic E-state index is 0. The Morgan fingerprint density at radius 2 is 2.07 bits per heavy atom. The van der Waals surface area contributed by atoms with E-state index >= 15 is 0 Å². The van der Waals surface area contributed by atoms with E-state index in [4.69, 9.17) is 9.73 Å². The highest BCUT2D eigenvalue weighted by Gasteiger charge is 2.25. The summed E-state index contributed by atoms with van der Waals surface area (Å²) in [6.07, 6.45) is 3.93. The monoisotopic (exact) mass is 526 g/mol. The summed E-state index contributed by atoms with van der Waals surface area (Å²) in [5, 5.41) is 7.75. The first-order valence-electron chi connectivity index (χ1n) is 10.3. The molecule has 8 heteroatoms. The number of aryl methyl sites for hydroxylation is 2. The molecule has 1 N–H and O–H groups in total. The highest BCUT2D eigenvalue weighted by molar-refractivity contribution is 14.0. The van der Waals surface area contributed by atoms with E-state index in [2.05, 4.69) is 72.4 Å². The smallest absolute Gasteiger partial charge is 0.194 e. The van der Waals surface area contributed by atoms with Crippen LogP contribution >= 0.6 is 24.0 Å². The Kier molecular flexibility index (Phi) is 9.57. The van der Waals surface area contributed by atoms with Crippen LogP contribution in [-0.4, -0.2) is 72.4 Å². The zero-order valence-corrected chi connectivity index (χ0v) is 21.0. The molecule has 0 bridgehead atoms. The quantitative estimate of drug-likeness (QED) is 0.357. The summed E-state index contributed by atoms with van der Waals surface area (Å²) >= 11 is 0. The number of nitrogens with one attached hydrogen (secondary N) is 1. The molecule has 1 aromatic heterocycles. The molecule has 1 fully saturated rings. The topological polar surface area (TPSA) is 57.9 Å². The molecule has 1 aliphatic heterocycles. The van der Waals surface area contributed by atoms with E-state index < -0.39 is 0 Å². The maximum Gasteiger partial charge on any atom is 0.194 e. The van der Waals surface area contributed by atoms with Crippen molar-refractivity contribution in [3.05, 3.63) is 53.3 Å². The van der Waals surface area contributed by atoms with Crippen LogP contribution < -0.4 is 5.32 Å². The third-order valence-corrected chi connectivity index (χ3v) is 5.30. The van der Waals surface area contributed by atoms with E-state index in [-0.39, 0.29) is 36.1 Å². The largest absolute Gasteiger partial charge is 0.370 e. The van der Waals surface area contributed by atoms with Gasteiger partial charge in [0.05, 0.1) is 31.9 Å². The van der Waals surface area contributed by atoms with Gasteiger partial charge in [0.25, 0.3) is 0 Å². The van der Waals surface area contributed by atoms with Gasteiger partial charge in [-0.1, -0.05) is 29.8 Å². The minimum Gasteiger partial charge on any atom is -0.370 e. The highest BCUT2D eigenvalue weighted by atomic mass is 127. The van der Waals surface area contributed by atoms with Gasteiger partial charge in [-0.15, -0.1) is 24.0 Å². The average Bonchev–Trinajstić information content (AvgIpc) is 3.15. The maximum atomic E-state index is 5.99. The third-order valence-electron chi connectivity index (χ3n) is 5.30. The number of likely N-dealkylation sites (N-methyl/N-ethyl adjacent to an activating group) is 1. The SMILES string of the molecule is CCNC(=NCC(c1ccc(C)cc1)N(C)C)N1CCOC(c2cnn(C)c2)C1.I. The van der Waals surface area contributed by atoms with Crippen LogP contribution in [0.25, 0.3) is 0 Å². The molecule has 0 saturated carbocycles. The summed E-state index contributed by atoms with van der Waals surface area (Å²) < 4.78 is 7.81. The number of morpholine rings is 1. The Labute approximate surface area is 197 Å². The molecule has 0 radical (unpaired) electrons. The molecule has 0 amide bonds. The molecule has 2 heterocycles. The predicted octanol–water partition coefficient (Wildman–Crippen LogP) is 2.99. The van der Waals surface area contributed by atoms with Crippen LogP contribution in [0.3, 0.4) is 0 Å².